The Morgan fingerprint density at radius 2 is 1.69 bits per heavy atom. The van der Waals surface area contributed by atoms with Crippen molar-refractivity contribution in [3.05, 3.63) is 53.1 Å². The molecule has 0 spiro atoms. The van der Waals surface area contributed by atoms with E-state index in [2.05, 4.69) is 10.6 Å². The van der Waals surface area contributed by atoms with Gasteiger partial charge in [0.25, 0.3) is 0 Å². The second-order valence-electron chi connectivity index (χ2n) is 15.0. The molecule has 13 nitrogen and oxygen atoms in total. The first kappa shape index (κ1) is 38.2. The van der Waals surface area contributed by atoms with Crippen LogP contribution < -0.4 is 10.6 Å². The van der Waals surface area contributed by atoms with Crippen LogP contribution in [0.5, 0.6) is 0 Å². The highest BCUT2D eigenvalue weighted by Crippen LogP contribution is 2.59. The molecule has 3 aliphatic carbocycles. The summed E-state index contributed by atoms with van der Waals surface area (Å²) in [5.74, 6) is -2.15. The Bertz CT molecular complexity index is 1510. The number of hydrogen-bond acceptors (Lipinski definition) is 10. The SMILES string of the molecule is CN(C)C(=O)C=Cc1ccc(C(=O)OC2CC(C(=O)NCCC(=O)NC(CO)CCC(=O)OC(C)(C)C)=CC3OC(C4CC4)(C4CC4)OC32)cc1. The van der Waals surface area contributed by atoms with E-state index in [9.17, 15) is 29.1 Å². The lowest BCUT2D eigenvalue weighted by Crippen LogP contribution is -2.44. The quantitative estimate of drug-likeness (QED) is 0.182. The van der Waals surface area contributed by atoms with Gasteiger partial charge >= 0.3 is 11.9 Å². The van der Waals surface area contributed by atoms with Gasteiger partial charge in [-0.25, -0.2) is 4.79 Å². The van der Waals surface area contributed by atoms with Gasteiger partial charge in [-0.2, -0.15) is 0 Å². The average molecular weight is 710 g/mol. The van der Waals surface area contributed by atoms with Crippen molar-refractivity contribution >= 4 is 35.7 Å². The molecule has 5 rings (SSSR count). The van der Waals surface area contributed by atoms with E-state index in [4.69, 9.17) is 18.9 Å². The number of aliphatic hydroxyl groups is 1. The highest BCUT2D eigenvalue weighted by molar-refractivity contribution is 5.95. The number of hydrogen-bond donors (Lipinski definition) is 3. The molecule has 3 N–H and O–H groups in total. The molecule has 1 heterocycles. The third-order valence-corrected chi connectivity index (χ3v) is 9.31. The zero-order valence-electron chi connectivity index (χ0n) is 30.1. The fourth-order valence-electron chi connectivity index (χ4n) is 6.42. The van der Waals surface area contributed by atoms with Gasteiger partial charge in [0.05, 0.1) is 18.2 Å². The number of amides is 3. The number of ether oxygens (including phenoxy) is 4. The second kappa shape index (κ2) is 16.1. The van der Waals surface area contributed by atoms with Crippen LogP contribution in [0.15, 0.2) is 42.0 Å². The molecule has 1 saturated heterocycles. The first-order valence-electron chi connectivity index (χ1n) is 17.8. The monoisotopic (exact) mass is 709 g/mol. The predicted octanol–water partition coefficient (Wildman–Crippen LogP) is 3.05. The predicted molar refractivity (Wildman–Crippen MR) is 186 cm³/mol. The van der Waals surface area contributed by atoms with Crippen LogP contribution in [0.4, 0.5) is 0 Å². The van der Waals surface area contributed by atoms with Crippen molar-refractivity contribution in [3.63, 3.8) is 0 Å². The Morgan fingerprint density at radius 3 is 2.27 bits per heavy atom. The van der Waals surface area contributed by atoms with Crippen molar-refractivity contribution < 1.29 is 48.0 Å². The van der Waals surface area contributed by atoms with E-state index in [1.54, 1.807) is 71.3 Å². The van der Waals surface area contributed by atoms with E-state index in [-0.39, 0.29) is 62.5 Å². The smallest absolute Gasteiger partial charge is 0.338 e. The third-order valence-electron chi connectivity index (χ3n) is 9.31. The summed E-state index contributed by atoms with van der Waals surface area (Å²) in [4.78, 5) is 64.8. The minimum atomic E-state index is -0.788. The number of fused-ring (bicyclic) bond motifs is 1. The molecule has 0 radical (unpaired) electrons. The van der Waals surface area contributed by atoms with Crippen LogP contribution in [-0.4, -0.2) is 103 Å². The van der Waals surface area contributed by atoms with Crippen LogP contribution in [0.2, 0.25) is 0 Å². The number of carbonyl (C=O) groups excluding carboxylic acids is 5. The fourth-order valence-corrected chi connectivity index (χ4v) is 6.42. The molecule has 3 fully saturated rings. The molecular weight excluding hydrogens is 658 g/mol. The number of likely N-dealkylation sites (N-methyl/N-ethyl adjacent to an activating group) is 1. The molecule has 1 aromatic carbocycles. The lowest BCUT2D eigenvalue weighted by molar-refractivity contribution is -0.209. The summed E-state index contributed by atoms with van der Waals surface area (Å²) in [6, 6.07) is 6.06. The maximum absolute atomic E-state index is 13.4. The van der Waals surface area contributed by atoms with Crippen molar-refractivity contribution in [2.24, 2.45) is 11.8 Å². The number of nitrogens with zero attached hydrogens (tertiary/aromatic N) is 1. The Balaban J connectivity index is 1.19. The van der Waals surface area contributed by atoms with Gasteiger partial charge < -0.3 is 39.6 Å². The summed E-state index contributed by atoms with van der Waals surface area (Å²) in [5.41, 5.74) is 0.806. The number of rotatable bonds is 15. The van der Waals surface area contributed by atoms with Gasteiger partial charge in [-0.15, -0.1) is 0 Å². The summed E-state index contributed by atoms with van der Waals surface area (Å²) in [5, 5.41) is 15.2. The molecule has 0 aromatic heterocycles. The largest absolute Gasteiger partial charge is 0.460 e. The van der Waals surface area contributed by atoms with Crippen molar-refractivity contribution in [3.8, 4) is 0 Å². The second-order valence-corrected chi connectivity index (χ2v) is 15.0. The van der Waals surface area contributed by atoms with Gasteiger partial charge in [-0.05, 0) is 82.7 Å². The third kappa shape index (κ3) is 10.3. The van der Waals surface area contributed by atoms with E-state index >= 15 is 0 Å². The van der Waals surface area contributed by atoms with Gasteiger partial charge in [-0.1, -0.05) is 12.1 Å². The van der Waals surface area contributed by atoms with E-state index in [0.29, 0.717) is 11.1 Å². The van der Waals surface area contributed by atoms with Gasteiger partial charge in [-0.3, -0.25) is 19.2 Å². The molecule has 1 aliphatic heterocycles. The molecular formula is C38H51N3O10. The van der Waals surface area contributed by atoms with Crippen LogP contribution >= 0.6 is 0 Å². The van der Waals surface area contributed by atoms with E-state index in [0.717, 1.165) is 31.2 Å². The molecule has 4 unspecified atom stereocenters. The maximum Gasteiger partial charge on any atom is 0.338 e. The maximum atomic E-state index is 13.4. The van der Waals surface area contributed by atoms with Gasteiger partial charge in [0, 0.05) is 63.4 Å². The highest BCUT2D eigenvalue weighted by atomic mass is 16.8. The summed E-state index contributed by atoms with van der Waals surface area (Å²) in [6.07, 6.45) is 7.22. The topological polar surface area (TPSA) is 170 Å². The fraction of sp³-hybridized carbons (Fsp3) is 0.605. The van der Waals surface area contributed by atoms with Crippen LogP contribution in [0.1, 0.15) is 88.1 Å². The molecule has 278 valence electrons. The van der Waals surface area contributed by atoms with Crippen LogP contribution in [0.3, 0.4) is 0 Å². The standard InChI is InChI=1S/C38H51N3O10/c1-37(2,3)50-33(45)17-15-28(22-42)40-31(43)18-19-39-35(46)25-20-29(34-30(21-25)49-38(51-34,26-11-12-26)27-13-14-27)48-36(47)24-9-6-23(7-10-24)8-16-32(44)41(4)5/h6-10,16,21,26-30,34,42H,11-15,17-20,22H2,1-5H3,(H,39,46)(H,40,43). The van der Waals surface area contributed by atoms with Crippen LogP contribution in [0, 0.1) is 11.8 Å². The highest BCUT2D eigenvalue weighted by Gasteiger charge is 2.64. The zero-order chi connectivity index (χ0) is 36.9. The number of carbonyl (C=O) groups is 5. The first-order chi connectivity index (χ1) is 24.2. The molecule has 4 aliphatic rings. The molecule has 2 saturated carbocycles. The van der Waals surface area contributed by atoms with E-state index in [1.165, 1.54) is 11.0 Å². The summed E-state index contributed by atoms with van der Waals surface area (Å²) in [6.45, 7) is 4.97. The Kier molecular flexibility index (Phi) is 12.0. The Morgan fingerprint density at radius 1 is 1.02 bits per heavy atom. The minimum Gasteiger partial charge on any atom is -0.460 e. The lowest BCUT2D eigenvalue weighted by Gasteiger charge is -2.31. The van der Waals surface area contributed by atoms with Gasteiger partial charge in [0.2, 0.25) is 17.7 Å². The molecule has 0 bridgehead atoms. The zero-order valence-corrected chi connectivity index (χ0v) is 30.1. The molecule has 3 amide bonds. The lowest BCUT2D eigenvalue weighted by atomic mass is 9.91. The number of benzene rings is 1. The van der Waals surface area contributed by atoms with Crippen molar-refractivity contribution in [2.75, 3.05) is 27.2 Å². The first-order valence-corrected chi connectivity index (χ1v) is 17.8. The Labute approximate surface area is 299 Å². The number of aliphatic hydroxyl groups excluding tert-OH is 1. The van der Waals surface area contributed by atoms with E-state index in [1.807, 2.05) is 0 Å². The van der Waals surface area contributed by atoms with Gasteiger partial charge in [0.1, 0.15) is 23.9 Å². The molecule has 51 heavy (non-hydrogen) atoms. The van der Waals surface area contributed by atoms with Crippen molar-refractivity contribution in [1.82, 2.24) is 15.5 Å². The summed E-state index contributed by atoms with van der Waals surface area (Å²) >= 11 is 0. The minimum absolute atomic E-state index is 0.0249. The number of nitrogens with one attached hydrogen (secondary N) is 2. The summed E-state index contributed by atoms with van der Waals surface area (Å²) < 4.78 is 24.6. The molecule has 13 heteroatoms. The van der Waals surface area contributed by atoms with Crippen molar-refractivity contribution in [2.45, 2.75) is 108 Å². The average Bonchev–Trinajstić information content (AvgIpc) is 4.02. The Hall–Kier alpha value is -4.07. The van der Waals surface area contributed by atoms with Gasteiger partial charge in [0.15, 0.2) is 5.79 Å². The number of esters is 2. The van der Waals surface area contributed by atoms with E-state index < -0.39 is 53.6 Å². The van der Waals surface area contributed by atoms with Crippen LogP contribution in [-0.2, 0) is 38.1 Å². The molecule has 4 atom stereocenters. The normalized spacial score (nSPS) is 23.1. The van der Waals surface area contributed by atoms with Crippen LogP contribution in [0.25, 0.3) is 6.08 Å². The van der Waals surface area contributed by atoms with Crippen molar-refractivity contribution in [1.29, 1.82) is 0 Å². The summed E-state index contributed by atoms with van der Waals surface area (Å²) in [7, 11) is 3.33. The molecule has 1 aromatic rings.